The molecule has 1 saturated heterocycles. The van der Waals surface area contributed by atoms with Gasteiger partial charge in [0.25, 0.3) is 0 Å². The molecule has 2 aliphatic heterocycles. The maximum absolute atomic E-state index is 6.26. The van der Waals surface area contributed by atoms with Crippen LogP contribution in [0, 0.1) is 6.92 Å². The van der Waals surface area contributed by atoms with Gasteiger partial charge in [-0.15, -0.1) is 5.10 Å². The zero-order valence-electron chi connectivity index (χ0n) is 21.9. The second kappa shape index (κ2) is 9.75. The van der Waals surface area contributed by atoms with Crippen LogP contribution >= 0.6 is 0 Å². The maximum atomic E-state index is 6.26. The summed E-state index contributed by atoms with van der Waals surface area (Å²) >= 11 is 0. The number of hydrogen-bond acceptors (Lipinski definition) is 9. The lowest BCUT2D eigenvalue weighted by Gasteiger charge is -2.38. The van der Waals surface area contributed by atoms with Crippen molar-refractivity contribution in [1.82, 2.24) is 34.4 Å². The van der Waals surface area contributed by atoms with Crippen molar-refractivity contribution in [3.05, 3.63) is 47.0 Å². The highest BCUT2D eigenvalue weighted by molar-refractivity contribution is 5.96. The van der Waals surface area contributed by atoms with Crippen LogP contribution in [0.4, 0.5) is 11.6 Å². The molecule has 0 bridgehead atoms. The fourth-order valence-corrected chi connectivity index (χ4v) is 5.72. The Hall–Kier alpha value is -3.50. The van der Waals surface area contributed by atoms with Gasteiger partial charge in [-0.25, -0.2) is 9.97 Å². The zero-order chi connectivity index (χ0) is 25.5. The van der Waals surface area contributed by atoms with Crippen LogP contribution in [0.5, 0.6) is 5.75 Å². The standard InChI is InChI=1S/C27H35N9O/c1-4-33-13-15-35(16-14-33)22-7-10-29-21-17-34(11-8-19(21)22)12-9-23-30-26-20-6-5-18(2)25(37-3)24(20)31-27(28)36(26)32-23/h5-7,10H,4,8-9,11-17H2,1-3H3,(H2,28,31). The predicted octanol–water partition coefficient (Wildman–Crippen LogP) is 2.31. The van der Waals surface area contributed by atoms with Gasteiger partial charge < -0.3 is 20.3 Å². The van der Waals surface area contributed by atoms with Gasteiger partial charge in [0, 0.05) is 69.5 Å². The Labute approximate surface area is 217 Å². The summed E-state index contributed by atoms with van der Waals surface area (Å²) in [5.74, 6) is 1.80. The first-order valence-corrected chi connectivity index (χ1v) is 13.2. The number of piperazine rings is 1. The summed E-state index contributed by atoms with van der Waals surface area (Å²) in [5.41, 5.74) is 12.7. The molecule has 10 heteroatoms. The summed E-state index contributed by atoms with van der Waals surface area (Å²) in [6.45, 7) is 12.5. The van der Waals surface area contributed by atoms with E-state index in [0.29, 0.717) is 11.6 Å². The molecule has 0 unspecified atom stereocenters. The Kier molecular flexibility index (Phi) is 6.29. The summed E-state index contributed by atoms with van der Waals surface area (Å²) in [5, 5.41) is 5.57. The first kappa shape index (κ1) is 23.9. The first-order chi connectivity index (χ1) is 18.1. The second-order valence-electron chi connectivity index (χ2n) is 10.00. The van der Waals surface area contributed by atoms with Crippen LogP contribution in [0.2, 0.25) is 0 Å². The van der Waals surface area contributed by atoms with Crippen molar-refractivity contribution in [3.63, 3.8) is 0 Å². The molecule has 4 aromatic rings. The van der Waals surface area contributed by atoms with Crippen LogP contribution in [-0.4, -0.2) is 87.3 Å². The topological polar surface area (TPSA) is 101 Å². The number of rotatable bonds is 6. The van der Waals surface area contributed by atoms with Crippen LogP contribution in [0.15, 0.2) is 24.4 Å². The highest BCUT2D eigenvalue weighted by Crippen LogP contribution is 2.31. The fourth-order valence-electron chi connectivity index (χ4n) is 5.72. The van der Waals surface area contributed by atoms with Crippen molar-refractivity contribution < 1.29 is 4.74 Å². The van der Waals surface area contributed by atoms with Gasteiger partial charge in [-0.2, -0.15) is 4.52 Å². The number of likely N-dealkylation sites (N-methyl/N-ethyl adjacent to an activating group) is 1. The fraction of sp³-hybridized carbons (Fsp3) is 0.481. The van der Waals surface area contributed by atoms with Crippen LogP contribution in [0.25, 0.3) is 16.6 Å². The van der Waals surface area contributed by atoms with Gasteiger partial charge in [-0.1, -0.05) is 13.0 Å². The van der Waals surface area contributed by atoms with E-state index >= 15 is 0 Å². The molecule has 1 fully saturated rings. The van der Waals surface area contributed by atoms with Gasteiger partial charge in [-0.05, 0) is 43.1 Å². The monoisotopic (exact) mass is 501 g/mol. The van der Waals surface area contributed by atoms with Gasteiger partial charge in [0.1, 0.15) is 11.3 Å². The highest BCUT2D eigenvalue weighted by atomic mass is 16.5. The molecule has 6 rings (SSSR count). The number of nitrogen functional groups attached to an aromatic ring is 1. The predicted molar refractivity (Wildman–Crippen MR) is 145 cm³/mol. The molecule has 0 saturated carbocycles. The number of hydrogen-bond donors (Lipinski definition) is 1. The maximum Gasteiger partial charge on any atom is 0.223 e. The largest absolute Gasteiger partial charge is 0.494 e. The molecule has 3 aromatic heterocycles. The number of nitrogens with two attached hydrogens (primary N) is 1. The van der Waals surface area contributed by atoms with Crippen LogP contribution in [0.1, 0.15) is 29.6 Å². The van der Waals surface area contributed by atoms with Crippen molar-refractivity contribution in [2.45, 2.75) is 33.2 Å². The average molecular weight is 502 g/mol. The molecule has 5 heterocycles. The Bertz CT molecular complexity index is 1440. The number of ether oxygens (including phenoxy) is 1. The molecule has 0 spiro atoms. The van der Waals surface area contributed by atoms with E-state index in [9.17, 15) is 0 Å². The quantitative estimate of drug-likeness (QED) is 0.426. The molecule has 2 aliphatic rings. The average Bonchev–Trinajstić information content (AvgIpc) is 3.37. The molecule has 0 aliphatic carbocycles. The highest BCUT2D eigenvalue weighted by Gasteiger charge is 2.25. The smallest absolute Gasteiger partial charge is 0.223 e. The molecular formula is C27H35N9O. The molecule has 194 valence electrons. The van der Waals surface area contributed by atoms with Gasteiger partial charge in [0.15, 0.2) is 11.5 Å². The van der Waals surface area contributed by atoms with Gasteiger partial charge >= 0.3 is 0 Å². The van der Waals surface area contributed by atoms with Gasteiger partial charge in [0.2, 0.25) is 5.95 Å². The minimum Gasteiger partial charge on any atom is -0.494 e. The van der Waals surface area contributed by atoms with E-state index in [0.717, 1.165) is 93.2 Å². The summed E-state index contributed by atoms with van der Waals surface area (Å²) in [6.07, 6.45) is 3.73. The molecule has 37 heavy (non-hydrogen) atoms. The third kappa shape index (κ3) is 4.34. The Morgan fingerprint density at radius 3 is 2.65 bits per heavy atom. The van der Waals surface area contributed by atoms with Crippen molar-refractivity contribution in [2.75, 3.05) is 63.6 Å². The lowest BCUT2D eigenvalue weighted by atomic mass is 10.0. The van der Waals surface area contributed by atoms with Gasteiger partial charge in [-0.3, -0.25) is 9.88 Å². The van der Waals surface area contributed by atoms with Crippen molar-refractivity contribution in [2.24, 2.45) is 0 Å². The number of aryl methyl sites for hydroxylation is 1. The SMILES string of the molecule is CCN1CCN(c2ccnc3c2CCN(CCc2nc4c5ccc(C)c(OC)c5nc(N)n4n2)C3)CC1. The molecular weight excluding hydrogens is 466 g/mol. The second-order valence-corrected chi connectivity index (χ2v) is 10.00. The van der Waals surface area contributed by atoms with Crippen LogP contribution < -0.4 is 15.4 Å². The molecule has 2 N–H and O–H groups in total. The third-order valence-electron chi connectivity index (χ3n) is 7.85. The molecule has 0 amide bonds. The van der Waals surface area contributed by atoms with E-state index in [1.54, 1.807) is 11.6 Å². The minimum atomic E-state index is 0.313. The van der Waals surface area contributed by atoms with Crippen molar-refractivity contribution in [1.29, 1.82) is 0 Å². The summed E-state index contributed by atoms with van der Waals surface area (Å²) in [4.78, 5) is 21.7. The van der Waals surface area contributed by atoms with Crippen LogP contribution in [-0.2, 0) is 19.4 Å². The number of benzene rings is 1. The number of pyridine rings is 1. The number of methoxy groups -OCH3 is 1. The Balaban J connectivity index is 1.18. The normalized spacial score (nSPS) is 17.0. The third-order valence-corrected chi connectivity index (χ3v) is 7.85. The zero-order valence-corrected chi connectivity index (χ0v) is 21.9. The first-order valence-electron chi connectivity index (χ1n) is 13.2. The Morgan fingerprint density at radius 1 is 1.03 bits per heavy atom. The molecule has 1 aromatic carbocycles. The number of aromatic nitrogens is 5. The van der Waals surface area contributed by atoms with E-state index in [1.807, 2.05) is 25.3 Å². The van der Waals surface area contributed by atoms with Crippen molar-refractivity contribution >= 4 is 28.2 Å². The van der Waals surface area contributed by atoms with E-state index in [2.05, 4.69) is 37.8 Å². The lowest BCUT2D eigenvalue weighted by molar-refractivity contribution is 0.250. The van der Waals surface area contributed by atoms with Crippen molar-refractivity contribution in [3.8, 4) is 5.75 Å². The molecule has 10 nitrogen and oxygen atoms in total. The number of anilines is 2. The van der Waals surface area contributed by atoms with E-state index in [-0.39, 0.29) is 0 Å². The number of nitrogens with zero attached hydrogens (tertiary/aromatic N) is 8. The minimum absolute atomic E-state index is 0.313. The van der Waals surface area contributed by atoms with E-state index in [1.165, 1.54) is 16.9 Å². The van der Waals surface area contributed by atoms with E-state index in [4.69, 9.17) is 20.4 Å². The molecule has 0 radical (unpaired) electrons. The summed E-state index contributed by atoms with van der Waals surface area (Å²) in [7, 11) is 1.65. The molecule has 0 atom stereocenters. The summed E-state index contributed by atoms with van der Waals surface area (Å²) in [6, 6.07) is 6.24. The van der Waals surface area contributed by atoms with Gasteiger partial charge in [0.05, 0.1) is 12.8 Å². The van der Waals surface area contributed by atoms with Crippen LogP contribution in [0.3, 0.4) is 0 Å². The van der Waals surface area contributed by atoms with E-state index < -0.39 is 0 Å². The number of fused-ring (bicyclic) bond motifs is 4. The lowest BCUT2D eigenvalue weighted by Crippen LogP contribution is -2.47. The summed E-state index contributed by atoms with van der Waals surface area (Å²) < 4.78 is 7.23. The Morgan fingerprint density at radius 2 is 1.86 bits per heavy atom.